The number of ether oxygens (including phenoxy) is 3. The van der Waals surface area contributed by atoms with Crippen molar-refractivity contribution in [1.82, 2.24) is 0 Å². The number of carbonyl (C=O) groups is 1. The SMILES string of the molecule is Cc1cc(OCCC[S+](C)[O-])cc(C)c1-c1cccc(COc2ccc3c(c2)OC[C@H]3CCC(=O)O)c1. The third-order valence-electron chi connectivity index (χ3n) is 6.54. The number of carboxylic acids is 1. The molecular weight excluding hydrogens is 488 g/mol. The average Bonchev–Trinajstić information content (AvgIpc) is 3.26. The van der Waals surface area contributed by atoms with Crippen LogP contribution >= 0.6 is 0 Å². The summed E-state index contributed by atoms with van der Waals surface area (Å²) in [5.41, 5.74) is 6.70. The third kappa shape index (κ3) is 7.21. The zero-order chi connectivity index (χ0) is 26.4. The molecular formula is C30H34O6S. The fraction of sp³-hybridized carbons (Fsp3) is 0.367. The molecule has 4 rings (SSSR count). The lowest BCUT2D eigenvalue weighted by molar-refractivity contribution is -0.137. The van der Waals surface area contributed by atoms with Gasteiger partial charge < -0.3 is 23.9 Å². The molecule has 3 aromatic carbocycles. The van der Waals surface area contributed by atoms with Crippen LogP contribution in [0, 0.1) is 13.8 Å². The molecule has 0 amide bonds. The van der Waals surface area contributed by atoms with E-state index in [0.29, 0.717) is 32.0 Å². The molecule has 0 aliphatic carbocycles. The van der Waals surface area contributed by atoms with E-state index in [1.807, 2.05) is 24.3 Å². The van der Waals surface area contributed by atoms with Crippen LogP contribution in [0.3, 0.4) is 0 Å². The van der Waals surface area contributed by atoms with E-state index in [-0.39, 0.29) is 12.3 Å². The van der Waals surface area contributed by atoms with E-state index in [1.165, 1.54) is 5.56 Å². The minimum atomic E-state index is -0.796. The van der Waals surface area contributed by atoms with E-state index in [2.05, 4.69) is 44.2 Å². The van der Waals surface area contributed by atoms with Gasteiger partial charge in [0.2, 0.25) is 0 Å². The fourth-order valence-corrected chi connectivity index (χ4v) is 5.31. The van der Waals surface area contributed by atoms with Gasteiger partial charge >= 0.3 is 5.97 Å². The number of benzene rings is 3. The average molecular weight is 523 g/mol. The molecule has 3 aromatic rings. The Labute approximate surface area is 221 Å². The summed E-state index contributed by atoms with van der Waals surface area (Å²) >= 11 is -0.796. The van der Waals surface area contributed by atoms with Crippen molar-refractivity contribution in [2.24, 2.45) is 0 Å². The van der Waals surface area contributed by atoms with Crippen LogP contribution in [0.4, 0.5) is 0 Å². The van der Waals surface area contributed by atoms with Gasteiger partial charge in [-0.05, 0) is 72.4 Å². The van der Waals surface area contributed by atoms with Gasteiger partial charge in [0.05, 0.1) is 19.5 Å². The second kappa shape index (κ2) is 12.4. The number of carboxylic acid groups (broad SMARTS) is 1. The van der Waals surface area contributed by atoms with E-state index in [4.69, 9.17) is 19.3 Å². The molecule has 196 valence electrons. The summed E-state index contributed by atoms with van der Waals surface area (Å²) in [6.45, 7) is 5.67. The molecule has 1 N–H and O–H groups in total. The number of hydrogen-bond donors (Lipinski definition) is 1. The molecule has 2 atom stereocenters. The Kier molecular flexibility index (Phi) is 9.00. The van der Waals surface area contributed by atoms with E-state index in [9.17, 15) is 9.35 Å². The molecule has 1 heterocycles. The van der Waals surface area contributed by atoms with Gasteiger partial charge in [-0.3, -0.25) is 4.79 Å². The first-order chi connectivity index (χ1) is 17.8. The lowest BCUT2D eigenvalue weighted by atomic mass is 9.94. The lowest BCUT2D eigenvalue weighted by Gasteiger charge is -2.15. The summed E-state index contributed by atoms with van der Waals surface area (Å²) in [4.78, 5) is 10.9. The predicted octanol–water partition coefficient (Wildman–Crippen LogP) is 6.04. The number of aryl methyl sites for hydroxylation is 2. The van der Waals surface area contributed by atoms with Gasteiger partial charge in [0.25, 0.3) is 0 Å². The first-order valence-electron chi connectivity index (χ1n) is 12.5. The van der Waals surface area contributed by atoms with Gasteiger partial charge in [0, 0.05) is 30.4 Å². The summed E-state index contributed by atoms with van der Waals surface area (Å²) in [5.74, 6) is 2.32. The number of hydrogen-bond acceptors (Lipinski definition) is 5. The van der Waals surface area contributed by atoms with Crippen LogP contribution in [0.15, 0.2) is 54.6 Å². The normalized spacial score (nSPS) is 15.1. The highest BCUT2D eigenvalue weighted by atomic mass is 32.2. The summed E-state index contributed by atoms with van der Waals surface area (Å²) in [6.07, 6.45) is 3.19. The van der Waals surface area contributed by atoms with Crippen LogP contribution in [0.1, 0.15) is 47.4 Å². The zero-order valence-electron chi connectivity index (χ0n) is 21.6. The molecule has 37 heavy (non-hydrogen) atoms. The second-order valence-electron chi connectivity index (χ2n) is 9.54. The van der Waals surface area contributed by atoms with Crippen molar-refractivity contribution in [3.63, 3.8) is 0 Å². The minimum Gasteiger partial charge on any atom is -0.617 e. The van der Waals surface area contributed by atoms with Crippen LogP contribution in [-0.4, -0.2) is 40.9 Å². The Morgan fingerprint density at radius 2 is 1.86 bits per heavy atom. The maximum absolute atomic E-state index is 11.2. The number of rotatable bonds is 12. The van der Waals surface area contributed by atoms with Crippen LogP contribution < -0.4 is 14.2 Å². The Morgan fingerprint density at radius 1 is 1.08 bits per heavy atom. The van der Waals surface area contributed by atoms with Gasteiger partial charge in [-0.1, -0.05) is 35.4 Å². The molecule has 0 aromatic heterocycles. The first-order valence-corrected chi connectivity index (χ1v) is 14.3. The monoisotopic (exact) mass is 522 g/mol. The highest BCUT2D eigenvalue weighted by Gasteiger charge is 2.25. The van der Waals surface area contributed by atoms with Gasteiger partial charge in [0.15, 0.2) is 0 Å². The molecule has 0 spiro atoms. The van der Waals surface area contributed by atoms with Crippen molar-refractivity contribution in [1.29, 1.82) is 0 Å². The quantitative estimate of drug-likeness (QED) is 0.231. The molecule has 1 aliphatic rings. The van der Waals surface area contributed by atoms with Crippen LogP contribution in [0.25, 0.3) is 11.1 Å². The molecule has 1 unspecified atom stereocenters. The van der Waals surface area contributed by atoms with Crippen LogP contribution in [-0.2, 0) is 22.6 Å². The van der Waals surface area contributed by atoms with Gasteiger partial charge in [-0.15, -0.1) is 0 Å². The molecule has 1 aliphatic heterocycles. The van der Waals surface area contributed by atoms with Crippen molar-refractivity contribution < 1.29 is 28.7 Å². The number of aliphatic carboxylic acids is 1. The van der Waals surface area contributed by atoms with Crippen LogP contribution in [0.5, 0.6) is 17.2 Å². The van der Waals surface area contributed by atoms with Gasteiger partial charge in [0.1, 0.15) is 29.6 Å². The Balaban J connectivity index is 1.40. The lowest BCUT2D eigenvalue weighted by Crippen LogP contribution is -2.08. The summed E-state index contributed by atoms with van der Waals surface area (Å²) in [6, 6.07) is 18.3. The standard InChI is InChI=1S/C30H34O6S/c1-20-14-26(34-12-5-13-37(3)33)15-21(2)30(20)23-7-4-6-22(16-23)18-35-25-9-10-27-24(8-11-29(31)32)19-36-28(27)17-25/h4,6-7,9-10,14-17,24H,5,8,11-13,18-19H2,1-3H3,(H,31,32)/t24-,37?/m1/s1. The molecule has 7 heteroatoms. The van der Waals surface area contributed by atoms with Gasteiger partial charge in [-0.25, -0.2) is 0 Å². The predicted molar refractivity (Wildman–Crippen MR) is 146 cm³/mol. The molecule has 0 saturated carbocycles. The largest absolute Gasteiger partial charge is 0.617 e. The smallest absolute Gasteiger partial charge is 0.303 e. The van der Waals surface area contributed by atoms with E-state index in [1.54, 1.807) is 6.26 Å². The summed E-state index contributed by atoms with van der Waals surface area (Å²) in [7, 11) is 0. The van der Waals surface area contributed by atoms with Crippen molar-refractivity contribution in [2.75, 3.05) is 25.2 Å². The topological polar surface area (TPSA) is 88.0 Å². The van der Waals surface area contributed by atoms with Crippen molar-refractivity contribution in [3.8, 4) is 28.4 Å². The molecule has 0 bridgehead atoms. The second-order valence-corrected chi connectivity index (χ2v) is 11.1. The van der Waals surface area contributed by atoms with Crippen molar-refractivity contribution in [3.05, 3.63) is 76.9 Å². The maximum atomic E-state index is 11.2. The molecule has 0 saturated heterocycles. The van der Waals surface area contributed by atoms with Gasteiger partial charge in [-0.2, -0.15) is 0 Å². The summed E-state index contributed by atoms with van der Waals surface area (Å²) in [5, 5.41) is 8.96. The molecule has 0 radical (unpaired) electrons. The van der Waals surface area contributed by atoms with Crippen molar-refractivity contribution in [2.45, 2.75) is 45.6 Å². The Bertz CT molecular complexity index is 1220. The van der Waals surface area contributed by atoms with E-state index < -0.39 is 17.1 Å². The third-order valence-corrected chi connectivity index (χ3v) is 7.41. The first kappa shape index (κ1) is 26.9. The minimum absolute atomic E-state index is 0.113. The van der Waals surface area contributed by atoms with Crippen LogP contribution in [0.2, 0.25) is 0 Å². The highest BCUT2D eigenvalue weighted by Crippen LogP contribution is 2.39. The van der Waals surface area contributed by atoms with Crippen molar-refractivity contribution >= 4 is 17.1 Å². The Hall–Kier alpha value is -3.16. The maximum Gasteiger partial charge on any atom is 0.303 e. The summed E-state index contributed by atoms with van der Waals surface area (Å²) < 4.78 is 29.0. The zero-order valence-corrected chi connectivity index (χ0v) is 22.4. The number of fused-ring (bicyclic) bond motifs is 1. The van der Waals surface area contributed by atoms with E-state index >= 15 is 0 Å². The van der Waals surface area contributed by atoms with E-state index in [0.717, 1.165) is 51.5 Å². The highest BCUT2D eigenvalue weighted by molar-refractivity contribution is 7.90. The fourth-order valence-electron chi connectivity index (χ4n) is 4.78. The molecule has 6 nitrogen and oxygen atoms in total. The Morgan fingerprint density at radius 3 is 2.59 bits per heavy atom. The molecule has 0 fully saturated rings.